The van der Waals surface area contributed by atoms with Crippen LogP contribution in [0.2, 0.25) is 0 Å². The number of alkyl halides is 2. The van der Waals surface area contributed by atoms with Crippen molar-refractivity contribution < 1.29 is 31.5 Å². The SMILES string of the molecule is O=C(COC(=O)c1ccc(Br)cc1)Nc1ccc(S(=O)(=O)C(F)F)cc1. The number of halogens is 3. The lowest BCUT2D eigenvalue weighted by atomic mass is 10.2. The Hall–Kier alpha value is -2.33. The summed E-state index contributed by atoms with van der Waals surface area (Å²) in [5, 5.41) is 2.36. The number of rotatable bonds is 6. The summed E-state index contributed by atoms with van der Waals surface area (Å²) in [6.07, 6.45) is 0. The Kier molecular flexibility index (Phi) is 6.43. The summed E-state index contributed by atoms with van der Waals surface area (Å²) in [4.78, 5) is 23.0. The molecule has 26 heavy (non-hydrogen) atoms. The van der Waals surface area contributed by atoms with Crippen LogP contribution in [-0.2, 0) is 19.4 Å². The zero-order valence-corrected chi connectivity index (χ0v) is 15.4. The number of carbonyl (C=O) groups excluding carboxylic acids is 2. The summed E-state index contributed by atoms with van der Waals surface area (Å²) in [7, 11) is -4.70. The number of anilines is 1. The standard InChI is InChI=1S/C16H12BrF2NO5S/c17-11-3-1-10(2-4-11)15(22)25-9-14(21)20-12-5-7-13(8-6-12)26(23,24)16(18)19/h1-8,16H,9H2,(H,20,21). The molecule has 0 saturated carbocycles. The Labute approximate surface area is 156 Å². The van der Waals surface area contributed by atoms with E-state index in [0.29, 0.717) is 0 Å². The van der Waals surface area contributed by atoms with Gasteiger partial charge >= 0.3 is 11.7 Å². The van der Waals surface area contributed by atoms with E-state index in [1.165, 1.54) is 12.1 Å². The van der Waals surface area contributed by atoms with E-state index in [0.717, 1.165) is 28.7 Å². The summed E-state index contributed by atoms with van der Waals surface area (Å²) in [5.74, 6) is -4.88. The Morgan fingerprint density at radius 1 is 1.04 bits per heavy atom. The maximum absolute atomic E-state index is 12.4. The van der Waals surface area contributed by atoms with Crippen LogP contribution in [0, 0.1) is 0 Å². The Morgan fingerprint density at radius 2 is 1.62 bits per heavy atom. The molecule has 1 amide bonds. The zero-order valence-electron chi connectivity index (χ0n) is 13.0. The molecule has 2 rings (SSSR count). The molecule has 0 saturated heterocycles. The van der Waals surface area contributed by atoms with E-state index in [2.05, 4.69) is 21.2 Å². The molecule has 0 aromatic heterocycles. The van der Waals surface area contributed by atoms with E-state index in [4.69, 9.17) is 4.74 Å². The molecule has 0 aliphatic heterocycles. The average molecular weight is 448 g/mol. The number of benzene rings is 2. The highest BCUT2D eigenvalue weighted by Gasteiger charge is 2.26. The first-order chi connectivity index (χ1) is 12.2. The molecule has 0 fully saturated rings. The van der Waals surface area contributed by atoms with E-state index in [-0.39, 0.29) is 11.3 Å². The fraction of sp³-hybridized carbons (Fsp3) is 0.125. The monoisotopic (exact) mass is 447 g/mol. The highest BCUT2D eigenvalue weighted by atomic mass is 79.9. The predicted octanol–water partition coefficient (Wildman–Crippen LogP) is 3.24. The van der Waals surface area contributed by atoms with Crippen LogP contribution >= 0.6 is 15.9 Å². The Morgan fingerprint density at radius 3 is 2.15 bits per heavy atom. The summed E-state index contributed by atoms with van der Waals surface area (Å²) in [5.41, 5.74) is 0.436. The van der Waals surface area contributed by atoms with Gasteiger partial charge in [0.25, 0.3) is 5.91 Å². The van der Waals surface area contributed by atoms with Gasteiger partial charge in [-0.05, 0) is 48.5 Å². The molecule has 1 N–H and O–H groups in total. The van der Waals surface area contributed by atoms with Crippen LogP contribution in [0.3, 0.4) is 0 Å². The molecule has 138 valence electrons. The minimum Gasteiger partial charge on any atom is -0.452 e. The third kappa shape index (κ3) is 5.09. The highest BCUT2D eigenvalue weighted by molar-refractivity contribution is 9.10. The lowest BCUT2D eigenvalue weighted by Crippen LogP contribution is -2.21. The van der Waals surface area contributed by atoms with Gasteiger partial charge in [0.05, 0.1) is 10.5 Å². The summed E-state index contributed by atoms with van der Waals surface area (Å²) < 4.78 is 53.1. The summed E-state index contributed by atoms with van der Waals surface area (Å²) in [6.45, 7) is -0.564. The van der Waals surface area contributed by atoms with Crippen molar-refractivity contribution in [2.45, 2.75) is 10.7 Å². The number of esters is 1. The molecule has 0 atom stereocenters. The zero-order chi connectivity index (χ0) is 19.3. The molecule has 10 heteroatoms. The van der Waals surface area contributed by atoms with Gasteiger partial charge in [0.2, 0.25) is 9.84 Å². The fourth-order valence-electron chi connectivity index (χ4n) is 1.83. The molecule has 6 nitrogen and oxygen atoms in total. The van der Waals surface area contributed by atoms with Crippen molar-refractivity contribution >= 4 is 43.3 Å². The maximum atomic E-state index is 12.4. The number of hydrogen-bond donors (Lipinski definition) is 1. The largest absolute Gasteiger partial charge is 0.452 e. The minimum absolute atomic E-state index is 0.169. The molecule has 2 aromatic carbocycles. The molecule has 0 aliphatic carbocycles. The van der Waals surface area contributed by atoms with Crippen molar-refractivity contribution in [2.24, 2.45) is 0 Å². The molecule has 0 spiro atoms. The third-order valence-electron chi connectivity index (χ3n) is 3.12. The van der Waals surface area contributed by atoms with Crippen molar-refractivity contribution in [1.29, 1.82) is 0 Å². The normalized spacial score (nSPS) is 11.2. The molecular weight excluding hydrogens is 436 g/mol. The predicted molar refractivity (Wildman–Crippen MR) is 92.7 cm³/mol. The van der Waals surface area contributed by atoms with Crippen molar-refractivity contribution in [3.8, 4) is 0 Å². The Balaban J connectivity index is 1.91. The van der Waals surface area contributed by atoms with Gasteiger partial charge in [-0.25, -0.2) is 13.2 Å². The molecular formula is C16H12BrF2NO5S. The highest BCUT2D eigenvalue weighted by Crippen LogP contribution is 2.20. The van der Waals surface area contributed by atoms with Gasteiger partial charge in [-0.15, -0.1) is 0 Å². The fourth-order valence-corrected chi connectivity index (χ4v) is 2.81. The van der Waals surface area contributed by atoms with Gasteiger partial charge in [-0.2, -0.15) is 8.78 Å². The smallest absolute Gasteiger partial charge is 0.341 e. The molecule has 0 heterocycles. The summed E-state index contributed by atoms with van der Waals surface area (Å²) >= 11 is 3.22. The maximum Gasteiger partial charge on any atom is 0.341 e. The van der Waals surface area contributed by atoms with Gasteiger partial charge in [0.1, 0.15) is 0 Å². The number of hydrogen-bond acceptors (Lipinski definition) is 5. The van der Waals surface area contributed by atoms with Gasteiger partial charge < -0.3 is 10.1 Å². The first kappa shape index (κ1) is 20.0. The van der Waals surface area contributed by atoms with E-state index >= 15 is 0 Å². The number of carbonyl (C=O) groups is 2. The van der Waals surface area contributed by atoms with Gasteiger partial charge in [0.15, 0.2) is 6.61 Å². The van der Waals surface area contributed by atoms with Crippen LogP contribution in [0.25, 0.3) is 0 Å². The number of ether oxygens (including phenoxy) is 1. The van der Waals surface area contributed by atoms with Crippen LogP contribution in [0.15, 0.2) is 57.9 Å². The van der Waals surface area contributed by atoms with Crippen LogP contribution in [0.4, 0.5) is 14.5 Å². The molecule has 0 bridgehead atoms. The molecule has 2 aromatic rings. The van der Waals surface area contributed by atoms with Crippen molar-refractivity contribution in [1.82, 2.24) is 0 Å². The number of amides is 1. The molecule has 0 radical (unpaired) electrons. The lowest BCUT2D eigenvalue weighted by molar-refractivity contribution is -0.119. The minimum atomic E-state index is -4.70. The average Bonchev–Trinajstić information content (AvgIpc) is 2.60. The van der Waals surface area contributed by atoms with Crippen LogP contribution in [-0.4, -0.2) is 32.7 Å². The quantitative estimate of drug-likeness (QED) is 0.686. The van der Waals surface area contributed by atoms with Gasteiger partial charge in [-0.3, -0.25) is 4.79 Å². The van der Waals surface area contributed by atoms with Crippen molar-refractivity contribution in [2.75, 3.05) is 11.9 Å². The van der Waals surface area contributed by atoms with E-state index in [1.807, 2.05) is 0 Å². The van der Waals surface area contributed by atoms with Crippen LogP contribution in [0.1, 0.15) is 10.4 Å². The Bertz CT molecular complexity index is 899. The lowest BCUT2D eigenvalue weighted by Gasteiger charge is -2.08. The van der Waals surface area contributed by atoms with Crippen LogP contribution < -0.4 is 5.32 Å². The van der Waals surface area contributed by atoms with Gasteiger partial charge in [0, 0.05) is 10.2 Å². The topological polar surface area (TPSA) is 89.5 Å². The molecule has 0 unspecified atom stereocenters. The van der Waals surface area contributed by atoms with Crippen LogP contribution in [0.5, 0.6) is 0 Å². The number of nitrogens with one attached hydrogen (secondary N) is 1. The second-order valence-electron chi connectivity index (χ2n) is 4.96. The van der Waals surface area contributed by atoms with Crippen molar-refractivity contribution in [3.63, 3.8) is 0 Å². The van der Waals surface area contributed by atoms with E-state index < -0.39 is 39.0 Å². The van der Waals surface area contributed by atoms with E-state index in [9.17, 15) is 26.8 Å². The first-order valence-corrected chi connectivity index (χ1v) is 9.39. The summed E-state index contributed by atoms with van der Waals surface area (Å²) in [6, 6.07) is 10.5. The number of sulfone groups is 1. The third-order valence-corrected chi connectivity index (χ3v) is 5.04. The van der Waals surface area contributed by atoms with Gasteiger partial charge in [-0.1, -0.05) is 15.9 Å². The first-order valence-electron chi connectivity index (χ1n) is 7.05. The van der Waals surface area contributed by atoms with Crippen molar-refractivity contribution in [3.05, 3.63) is 58.6 Å². The second-order valence-corrected chi connectivity index (χ2v) is 7.79. The van der Waals surface area contributed by atoms with E-state index in [1.54, 1.807) is 12.1 Å². The second kappa shape index (κ2) is 8.37. The molecule has 0 aliphatic rings.